The van der Waals surface area contributed by atoms with Crippen LogP contribution in [0.3, 0.4) is 0 Å². The summed E-state index contributed by atoms with van der Waals surface area (Å²) in [6, 6.07) is 0. The molecule has 0 amide bonds. The molecule has 0 aromatic carbocycles. The minimum Gasteiger partial charge on any atom is -0.393 e. The van der Waals surface area contributed by atoms with Crippen molar-refractivity contribution < 1.29 is 14.7 Å². The van der Waals surface area contributed by atoms with Gasteiger partial charge in [0.1, 0.15) is 5.78 Å². The molecule has 0 aromatic heterocycles. The van der Waals surface area contributed by atoms with Crippen LogP contribution in [0, 0.1) is 40.4 Å². The first-order valence-electron chi connectivity index (χ1n) is 10.1. The molecule has 138 valence electrons. The Morgan fingerprint density at radius 2 is 1.96 bits per heavy atom. The lowest BCUT2D eigenvalue weighted by atomic mass is 9.44. The molecule has 0 saturated heterocycles. The summed E-state index contributed by atoms with van der Waals surface area (Å²) >= 11 is 0. The molecule has 3 heteroatoms. The van der Waals surface area contributed by atoms with Crippen LogP contribution < -0.4 is 0 Å². The number of ketones is 2. The summed E-state index contributed by atoms with van der Waals surface area (Å²) in [7, 11) is 0. The van der Waals surface area contributed by atoms with E-state index in [0.29, 0.717) is 24.0 Å². The van der Waals surface area contributed by atoms with E-state index >= 15 is 0 Å². The Bertz CT molecular complexity index is 650. The number of aliphatic hydroxyl groups is 1. The molecule has 1 N–H and O–H groups in total. The second kappa shape index (κ2) is 5.52. The minimum atomic E-state index is -0.365. The molecule has 3 saturated carbocycles. The Balaban J connectivity index is 1.75. The van der Waals surface area contributed by atoms with E-state index in [1.54, 1.807) is 6.92 Å². The number of hydrogen-bond acceptors (Lipinski definition) is 3. The standard InChI is InChI=1S/C22H32O3/c1-12-9-15(24)10-14-5-6-16-18-8-7-17(13(2)23)21(18,3)11-19(25)20(16)22(12,14)4/h10,12,16-20,25H,5-9,11H2,1-4H3/t12?,16-,17+,18-,19?,20+,21+,22-/m0/s1. The van der Waals surface area contributed by atoms with Gasteiger partial charge in [0, 0.05) is 12.3 Å². The lowest BCUT2D eigenvalue weighted by Crippen LogP contribution is -2.58. The Hall–Kier alpha value is -0.960. The number of Topliss-reactive ketones (excluding diaryl/α,β-unsaturated/α-hetero) is 1. The zero-order chi connectivity index (χ0) is 18.1. The van der Waals surface area contributed by atoms with Crippen molar-refractivity contribution in [3.05, 3.63) is 11.6 Å². The van der Waals surface area contributed by atoms with Crippen molar-refractivity contribution in [3.63, 3.8) is 0 Å². The number of aliphatic hydroxyl groups excluding tert-OH is 1. The molecule has 0 aromatic rings. The fourth-order valence-electron chi connectivity index (χ4n) is 7.71. The van der Waals surface area contributed by atoms with Gasteiger partial charge >= 0.3 is 0 Å². The highest BCUT2D eigenvalue weighted by atomic mass is 16.3. The molecule has 0 radical (unpaired) electrons. The van der Waals surface area contributed by atoms with Crippen LogP contribution in [0.2, 0.25) is 0 Å². The second-order valence-electron chi connectivity index (χ2n) is 9.88. The average molecular weight is 344 g/mol. The summed E-state index contributed by atoms with van der Waals surface area (Å²) in [4.78, 5) is 24.3. The minimum absolute atomic E-state index is 0.0439. The summed E-state index contributed by atoms with van der Waals surface area (Å²) in [5.74, 6) is 2.22. The van der Waals surface area contributed by atoms with Crippen LogP contribution in [0.5, 0.6) is 0 Å². The van der Waals surface area contributed by atoms with Crippen molar-refractivity contribution in [2.75, 3.05) is 0 Å². The van der Waals surface area contributed by atoms with Gasteiger partial charge in [-0.25, -0.2) is 0 Å². The van der Waals surface area contributed by atoms with Crippen molar-refractivity contribution in [1.82, 2.24) is 0 Å². The topological polar surface area (TPSA) is 54.4 Å². The van der Waals surface area contributed by atoms with Gasteiger partial charge in [-0.3, -0.25) is 9.59 Å². The fraction of sp³-hybridized carbons (Fsp3) is 0.818. The van der Waals surface area contributed by atoms with Crippen LogP contribution in [-0.4, -0.2) is 22.8 Å². The largest absolute Gasteiger partial charge is 0.393 e. The van der Waals surface area contributed by atoms with Gasteiger partial charge in [0.25, 0.3) is 0 Å². The predicted octanol–water partition coefficient (Wildman–Crippen LogP) is 3.94. The average Bonchev–Trinajstić information content (AvgIpc) is 2.85. The third-order valence-corrected chi connectivity index (χ3v) is 8.94. The Morgan fingerprint density at radius 3 is 2.64 bits per heavy atom. The van der Waals surface area contributed by atoms with E-state index in [-0.39, 0.29) is 40.5 Å². The quantitative estimate of drug-likeness (QED) is 0.784. The molecule has 2 unspecified atom stereocenters. The third-order valence-electron chi connectivity index (χ3n) is 8.94. The normalized spacial score (nSPS) is 52.0. The van der Waals surface area contributed by atoms with Crippen LogP contribution in [0.15, 0.2) is 11.6 Å². The first-order chi connectivity index (χ1) is 11.7. The van der Waals surface area contributed by atoms with E-state index in [9.17, 15) is 14.7 Å². The number of carbonyl (C=O) groups is 2. The van der Waals surface area contributed by atoms with Crippen molar-refractivity contribution in [1.29, 1.82) is 0 Å². The smallest absolute Gasteiger partial charge is 0.155 e. The summed E-state index contributed by atoms with van der Waals surface area (Å²) in [6.45, 7) is 8.49. The van der Waals surface area contributed by atoms with Crippen LogP contribution in [0.1, 0.15) is 66.2 Å². The number of carbonyl (C=O) groups excluding carboxylic acids is 2. The van der Waals surface area contributed by atoms with Gasteiger partial charge in [-0.2, -0.15) is 0 Å². The fourth-order valence-corrected chi connectivity index (χ4v) is 7.71. The third kappa shape index (κ3) is 2.20. The van der Waals surface area contributed by atoms with Crippen LogP contribution in [0.4, 0.5) is 0 Å². The van der Waals surface area contributed by atoms with Crippen LogP contribution in [0.25, 0.3) is 0 Å². The lowest BCUT2D eigenvalue weighted by Gasteiger charge is -2.61. The molecule has 4 rings (SSSR count). The Kier molecular flexibility index (Phi) is 3.85. The predicted molar refractivity (Wildman–Crippen MR) is 96.8 cm³/mol. The Morgan fingerprint density at radius 1 is 1.24 bits per heavy atom. The molecular formula is C22H32O3. The number of rotatable bonds is 1. The van der Waals surface area contributed by atoms with Gasteiger partial charge in [-0.1, -0.05) is 26.3 Å². The maximum Gasteiger partial charge on any atom is 0.155 e. The van der Waals surface area contributed by atoms with Gasteiger partial charge in [0.2, 0.25) is 0 Å². The highest BCUT2D eigenvalue weighted by Gasteiger charge is 2.63. The van der Waals surface area contributed by atoms with Gasteiger partial charge in [-0.05, 0) is 79.6 Å². The molecule has 8 atom stereocenters. The zero-order valence-electron chi connectivity index (χ0n) is 16.0. The summed E-state index contributed by atoms with van der Waals surface area (Å²) in [5.41, 5.74) is 1.17. The SMILES string of the molecule is CC(=O)[C@H]1CC[C@H]2[C@@H]3CCC4=CC(=O)CC(C)[C@]4(C)[C@H]3C(O)C[C@]12C. The van der Waals surface area contributed by atoms with E-state index in [1.807, 2.05) is 6.08 Å². The van der Waals surface area contributed by atoms with Gasteiger partial charge in [-0.15, -0.1) is 0 Å². The number of hydrogen-bond donors (Lipinski definition) is 1. The summed E-state index contributed by atoms with van der Waals surface area (Å²) in [5, 5.41) is 11.3. The first kappa shape index (κ1) is 17.5. The summed E-state index contributed by atoms with van der Waals surface area (Å²) < 4.78 is 0. The van der Waals surface area contributed by atoms with Crippen LogP contribution in [-0.2, 0) is 9.59 Å². The Labute approximate surface area is 151 Å². The van der Waals surface area contributed by atoms with Gasteiger partial charge in [0.05, 0.1) is 6.10 Å². The van der Waals surface area contributed by atoms with E-state index in [1.165, 1.54) is 5.57 Å². The summed E-state index contributed by atoms with van der Waals surface area (Å²) in [6.07, 6.45) is 7.03. The monoisotopic (exact) mass is 344 g/mol. The molecule has 3 nitrogen and oxygen atoms in total. The number of allylic oxidation sites excluding steroid dienone is 1. The first-order valence-corrected chi connectivity index (χ1v) is 10.1. The molecule has 0 heterocycles. The molecule has 4 aliphatic rings. The van der Waals surface area contributed by atoms with Crippen molar-refractivity contribution in [2.45, 2.75) is 72.3 Å². The molecule has 0 aliphatic heterocycles. The zero-order valence-corrected chi connectivity index (χ0v) is 16.0. The molecule has 0 bridgehead atoms. The maximum absolute atomic E-state index is 12.2. The second-order valence-corrected chi connectivity index (χ2v) is 9.88. The van der Waals surface area contributed by atoms with E-state index in [0.717, 1.165) is 32.1 Å². The molecule has 25 heavy (non-hydrogen) atoms. The van der Waals surface area contributed by atoms with Gasteiger partial charge in [0.15, 0.2) is 5.78 Å². The van der Waals surface area contributed by atoms with Gasteiger partial charge < -0.3 is 5.11 Å². The molecule has 3 fully saturated rings. The highest BCUT2D eigenvalue weighted by molar-refractivity contribution is 5.92. The van der Waals surface area contributed by atoms with Crippen molar-refractivity contribution in [2.24, 2.45) is 40.4 Å². The van der Waals surface area contributed by atoms with Crippen molar-refractivity contribution in [3.8, 4) is 0 Å². The van der Waals surface area contributed by atoms with E-state index < -0.39 is 0 Å². The lowest BCUT2D eigenvalue weighted by molar-refractivity contribution is -0.150. The molecule has 4 aliphatic carbocycles. The van der Waals surface area contributed by atoms with E-state index in [4.69, 9.17) is 0 Å². The maximum atomic E-state index is 12.2. The molecular weight excluding hydrogens is 312 g/mol. The number of fused-ring (bicyclic) bond motifs is 5. The highest BCUT2D eigenvalue weighted by Crippen LogP contribution is 2.67. The van der Waals surface area contributed by atoms with Crippen molar-refractivity contribution >= 4 is 11.6 Å². The molecule has 0 spiro atoms. The van der Waals surface area contributed by atoms with E-state index in [2.05, 4.69) is 20.8 Å². The van der Waals surface area contributed by atoms with Crippen LogP contribution >= 0.6 is 0 Å².